The molecule has 0 aliphatic carbocycles. The van der Waals surface area contributed by atoms with Crippen molar-refractivity contribution >= 4 is 17.4 Å². The molecule has 0 saturated carbocycles. The number of para-hydroxylation sites is 1. The van der Waals surface area contributed by atoms with Crippen molar-refractivity contribution in [2.24, 2.45) is 0 Å². The van der Waals surface area contributed by atoms with Crippen LogP contribution in [0.1, 0.15) is 34.1 Å². The maximum atomic E-state index is 12.6. The molecule has 0 atom stereocenters. The summed E-state index contributed by atoms with van der Waals surface area (Å²) in [5.74, 6) is 1.23. The number of nitrogens with zero attached hydrogens (tertiary/aromatic N) is 2. The van der Waals surface area contributed by atoms with Crippen LogP contribution in [0.3, 0.4) is 0 Å². The third-order valence-electron chi connectivity index (χ3n) is 4.74. The van der Waals surface area contributed by atoms with Gasteiger partial charge in [-0.1, -0.05) is 37.3 Å². The molecule has 1 heterocycles. The lowest BCUT2D eigenvalue weighted by Gasteiger charge is -2.12. The Balaban J connectivity index is 1.56. The van der Waals surface area contributed by atoms with Crippen molar-refractivity contribution in [3.8, 4) is 5.75 Å². The Bertz CT molecular complexity index is 954. The van der Waals surface area contributed by atoms with Gasteiger partial charge in [-0.05, 0) is 48.6 Å². The minimum Gasteiger partial charge on any atom is -0.497 e. The van der Waals surface area contributed by atoms with Crippen LogP contribution in [0.4, 0.5) is 11.5 Å². The number of ether oxygens (including phenoxy) is 1. The Morgan fingerprint density at radius 1 is 1.07 bits per heavy atom. The largest absolute Gasteiger partial charge is 0.497 e. The van der Waals surface area contributed by atoms with E-state index >= 15 is 0 Å². The highest BCUT2D eigenvalue weighted by Gasteiger charge is 2.12. The maximum Gasteiger partial charge on any atom is 0.275 e. The van der Waals surface area contributed by atoms with Crippen molar-refractivity contribution in [2.75, 3.05) is 24.3 Å². The lowest BCUT2D eigenvalue weighted by molar-refractivity contribution is 0.102. The Kier molecular flexibility index (Phi) is 6.79. The minimum absolute atomic E-state index is 0.258. The number of methoxy groups -OCH3 is 1. The fraction of sp³-hybridized carbons (Fsp3) is 0.261. The van der Waals surface area contributed by atoms with Crippen molar-refractivity contribution in [3.05, 3.63) is 77.2 Å². The van der Waals surface area contributed by atoms with Gasteiger partial charge in [0.1, 0.15) is 17.3 Å². The number of hydrogen-bond donors (Lipinski definition) is 2. The molecule has 0 spiro atoms. The predicted octanol–water partition coefficient (Wildman–Crippen LogP) is 4.26. The molecular weight excluding hydrogens is 364 g/mol. The molecule has 0 saturated heterocycles. The number of anilines is 2. The Morgan fingerprint density at radius 2 is 1.86 bits per heavy atom. The van der Waals surface area contributed by atoms with E-state index in [0.717, 1.165) is 42.0 Å². The highest BCUT2D eigenvalue weighted by Crippen LogP contribution is 2.21. The van der Waals surface area contributed by atoms with Crippen LogP contribution >= 0.6 is 0 Å². The highest BCUT2D eigenvalue weighted by molar-refractivity contribution is 6.03. The van der Waals surface area contributed by atoms with E-state index in [4.69, 9.17) is 4.74 Å². The van der Waals surface area contributed by atoms with Crippen LogP contribution in [-0.2, 0) is 12.8 Å². The zero-order valence-electron chi connectivity index (χ0n) is 17.0. The van der Waals surface area contributed by atoms with Crippen LogP contribution in [-0.4, -0.2) is 29.5 Å². The summed E-state index contributed by atoms with van der Waals surface area (Å²) in [6.45, 7) is 4.77. The molecular formula is C23H26N4O2. The number of carbonyl (C=O) groups is 1. The molecule has 0 bridgehead atoms. The number of carbonyl (C=O) groups excluding carboxylic acids is 1. The minimum atomic E-state index is -0.258. The van der Waals surface area contributed by atoms with Crippen LogP contribution in [0, 0.1) is 6.92 Å². The smallest absolute Gasteiger partial charge is 0.275 e. The third kappa shape index (κ3) is 5.31. The number of aromatic nitrogens is 2. The lowest BCUT2D eigenvalue weighted by Crippen LogP contribution is -2.16. The van der Waals surface area contributed by atoms with E-state index in [2.05, 4.69) is 27.5 Å². The Morgan fingerprint density at radius 3 is 2.52 bits per heavy atom. The number of hydrogen-bond acceptors (Lipinski definition) is 5. The molecule has 0 aliphatic rings. The molecule has 1 aromatic heterocycles. The number of benzene rings is 2. The molecule has 0 radical (unpaired) electrons. The molecule has 0 fully saturated rings. The van der Waals surface area contributed by atoms with Gasteiger partial charge in [0.15, 0.2) is 0 Å². The first-order valence-corrected chi connectivity index (χ1v) is 9.69. The van der Waals surface area contributed by atoms with Gasteiger partial charge in [0.25, 0.3) is 5.91 Å². The van der Waals surface area contributed by atoms with E-state index in [0.29, 0.717) is 5.82 Å². The molecule has 6 heteroatoms. The lowest BCUT2D eigenvalue weighted by atomic mass is 10.1. The Labute approximate surface area is 171 Å². The fourth-order valence-corrected chi connectivity index (χ4v) is 3.04. The number of aryl methyl sites for hydroxylation is 2. The van der Waals surface area contributed by atoms with Crippen LogP contribution in [0.2, 0.25) is 0 Å². The first-order valence-electron chi connectivity index (χ1n) is 9.69. The van der Waals surface area contributed by atoms with Crippen LogP contribution in [0.5, 0.6) is 5.75 Å². The molecule has 6 nitrogen and oxygen atoms in total. The van der Waals surface area contributed by atoms with Gasteiger partial charge in [0.05, 0.1) is 19.5 Å². The second-order valence-corrected chi connectivity index (χ2v) is 6.73. The standard InChI is InChI=1S/C23H26N4O2/c1-4-18-7-5-6-16(2)22(18)27-23(28)20-14-26-21(15-25-20)24-13-12-17-8-10-19(29-3)11-9-17/h5-11,14-15H,4,12-13H2,1-3H3,(H,24,26)(H,27,28). The van der Waals surface area contributed by atoms with Gasteiger partial charge < -0.3 is 15.4 Å². The summed E-state index contributed by atoms with van der Waals surface area (Å²) in [4.78, 5) is 21.1. The predicted molar refractivity (Wildman–Crippen MR) is 116 cm³/mol. The number of rotatable bonds is 8. The summed E-state index contributed by atoms with van der Waals surface area (Å²) in [6, 6.07) is 14.0. The molecule has 3 aromatic rings. The van der Waals surface area contributed by atoms with Crippen molar-refractivity contribution < 1.29 is 9.53 Å². The molecule has 29 heavy (non-hydrogen) atoms. The molecule has 1 amide bonds. The van der Waals surface area contributed by atoms with Crippen molar-refractivity contribution in [1.82, 2.24) is 9.97 Å². The van der Waals surface area contributed by atoms with Crippen molar-refractivity contribution in [2.45, 2.75) is 26.7 Å². The fourth-order valence-electron chi connectivity index (χ4n) is 3.04. The summed E-state index contributed by atoms with van der Waals surface area (Å²) in [5, 5.41) is 6.20. The van der Waals surface area contributed by atoms with Crippen LogP contribution in [0.25, 0.3) is 0 Å². The van der Waals surface area contributed by atoms with Gasteiger partial charge in [0.2, 0.25) is 0 Å². The molecule has 0 aliphatic heterocycles. The van der Waals surface area contributed by atoms with Gasteiger partial charge in [-0.25, -0.2) is 9.97 Å². The average molecular weight is 390 g/mol. The van der Waals surface area contributed by atoms with Gasteiger partial charge in [-0.3, -0.25) is 4.79 Å². The quantitative estimate of drug-likeness (QED) is 0.601. The van der Waals surface area contributed by atoms with E-state index in [1.807, 2.05) is 49.4 Å². The summed E-state index contributed by atoms with van der Waals surface area (Å²) in [7, 11) is 1.66. The first-order chi connectivity index (χ1) is 14.1. The van der Waals surface area contributed by atoms with E-state index in [1.54, 1.807) is 13.3 Å². The maximum absolute atomic E-state index is 12.6. The van der Waals surface area contributed by atoms with Gasteiger partial charge >= 0.3 is 0 Å². The number of amides is 1. The summed E-state index contributed by atoms with van der Waals surface area (Å²) < 4.78 is 5.16. The number of nitrogens with one attached hydrogen (secondary N) is 2. The molecule has 150 valence electrons. The molecule has 3 rings (SSSR count). The summed E-state index contributed by atoms with van der Waals surface area (Å²) in [5.41, 5.74) is 4.47. The van der Waals surface area contributed by atoms with Crippen molar-refractivity contribution in [1.29, 1.82) is 0 Å². The SMILES string of the molecule is CCc1cccc(C)c1NC(=O)c1cnc(NCCc2ccc(OC)cc2)cn1. The van der Waals surface area contributed by atoms with Crippen LogP contribution in [0.15, 0.2) is 54.9 Å². The van der Waals surface area contributed by atoms with Gasteiger partial charge in [-0.15, -0.1) is 0 Å². The monoisotopic (exact) mass is 390 g/mol. The topological polar surface area (TPSA) is 76.1 Å². The van der Waals surface area contributed by atoms with E-state index in [-0.39, 0.29) is 11.6 Å². The molecule has 2 N–H and O–H groups in total. The second-order valence-electron chi connectivity index (χ2n) is 6.73. The average Bonchev–Trinajstić information content (AvgIpc) is 2.76. The molecule has 0 unspecified atom stereocenters. The molecule has 2 aromatic carbocycles. The Hall–Kier alpha value is -3.41. The zero-order valence-corrected chi connectivity index (χ0v) is 17.0. The van der Waals surface area contributed by atoms with Gasteiger partial charge in [0, 0.05) is 12.2 Å². The normalized spacial score (nSPS) is 10.4. The van der Waals surface area contributed by atoms with E-state index in [1.165, 1.54) is 11.8 Å². The van der Waals surface area contributed by atoms with Crippen molar-refractivity contribution in [3.63, 3.8) is 0 Å². The second kappa shape index (κ2) is 9.68. The summed E-state index contributed by atoms with van der Waals surface area (Å²) in [6.07, 6.45) is 4.78. The van der Waals surface area contributed by atoms with Crippen LogP contribution < -0.4 is 15.4 Å². The summed E-state index contributed by atoms with van der Waals surface area (Å²) >= 11 is 0. The highest BCUT2D eigenvalue weighted by atomic mass is 16.5. The first kappa shape index (κ1) is 20.3. The van der Waals surface area contributed by atoms with Gasteiger partial charge in [-0.2, -0.15) is 0 Å². The van der Waals surface area contributed by atoms with E-state index < -0.39 is 0 Å². The zero-order chi connectivity index (χ0) is 20.6. The third-order valence-corrected chi connectivity index (χ3v) is 4.74. The van der Waals surface area contributed by atoms with E-state index in [9.17, 15) is 4.79 Å².